The molecule has 0 aromatic heterocycles. The van der Waals surface area contributed by atoms with E-state index in [1.54, 1.807) is 9.80 Å². The van der Waals surface area contributed by atoms with E-state index in [1.807, 2.05) is 24.3 Å². The molecule has 1 aromatic carbocycles. The summed E-state index contributed by atoms with van der Waals surface area (Å²) in [7, 11) is 0. The zero-order valence-electron chi connectivity index (χ0n) is 12.2. The summed E-state index contributed by atoms with van der Waals surface area (Å²) in [6, 6.07) is 7.11. The average Bonchev–Trinajstić information content (AvgIpc) is 3.21. The first-order valence-corrected chi connectivity index (χ1v) is 7.67. The van der Waals surface area contributed by atoms with Crippen LogP contribution in [0.3, 0.4) is 0 Å². The number of anilines is 1. The summed E-state index contributed by atoms with van der Waals surface area (Å²) in [6.45, 7) is 1.08. The molecule has 0 saturated carbocycles. The molecule has 0 aliphatic carbocycles. The summed E-state index contributed by atoms with van der Waals surface area (Å²) in [6.07, 6.45) is 2.39. The first-order valence-electron chi connectivity index (χ1n) is 7.67. The SMILES string of the molecule is O=C1[C@@H]2CCCN2C(=O)N1CC(=O)N1CCc2ccccc21. The number of nitrogens with zero attached hydrogens (tertiary/aromatic N) is 3. The van der Waals surface area contributed by atoms with Crippen LogP contribution in [0.5, 0.6) is 0 Å². The normalized spacial score (nSPS) is 23.3. The van der Waals surface area contributed by atoms with Gasteiger partial charge in [0.2, 0.25) is 5.91 Å². The topological polar surface area (TPSA) is 60.9 Å². The molecule has 3 aliphatic rings. The summed E-state index contributed by atoms with van der Waals surface area (Å²) >= 11 is 0. The number of urea groups is 1. The lowest BCUT2D eigenvalue weighted by Gasteiger charge is -2.21. The van der Waals surface area contributed by atoms with E-state index >= 15 is 0 Å². The third-order valence-electron chi connectivity index (χ3n) is 4.76. The Morgan fingerprint density at radius 2 is 2.00 bits per heavy atom. The number of fused-ring (bicyclic) bond motifs is 2. The summed E-state index contributed by atoms with van der Waals surface area (Å²) in [5.74, 6) is -0.406. The smallest absolute Gasteiger partial charge is 0.312 e. The van der Waals surface area contributed by atoms with E-state index in [9.17, 15) is 14.4 Å². The van der Waals surface area contributed by atoms with Gasteiger partial charge in [-0.05, 0) is 30.9 Å². The van der Waals surface area contributed by atoms with E-state index < -0.39 is 0 Å². The molecule has 0 radical (unpaired) electrons. The molecule has 0 bridgehead atoms. The van der Waals surface area contributed by atoms with E-state index in [4.69, 9.17) is 0 Å². The maximum Gasteiger partial charge on any atom is 0.327 e. The standard InChI is InChI=1S/C16H17N3O3/c20-14(17-9-7-11-4-1-2-5-12(11)17)10-19-15(21)13-6-3-8-18(13)16(19)22/h1-2,4-5,13H,3,6-10H2/t13-/m0/s1. The second-order valence-corrected chi connectivity index (χ2v) is 5.98. The maximum atomic E-state index is 12.5. The predicted molar refractivity (Wildman–Crippen MR) is 79.3 cm³/mol. The van der Waals surface area contributed by atoms with E-state index in [0.717, 1.165) is 29.0 Å². The third kappa shape index (κ3) is 1.83. The first kappa shape index (κ1) is 13.3. The Balaban J connectivity index is 1.52. The Morgan fingerprint density at radius 1 is 1.18 bits per heavy atom. The fourth-order valence-corrected chi connectivity index (χ4v) is 3.65. The molecule has 3 heterocycles. The van der Waals surface area contributed by atoms with Gasteiger partial charge >= 0.3 is 6.03 Å². The van der Waals surface area contributed by atoms with E-state index in [1.165, 1.54) is 0 Å². The van der Waals surface area contributed by atoms with Crippen molar-refractivity contribution >= 4 is 23.5 Å². The van der Waals surface area contributed by atoms with Gasteiger partial charge in [0, 0.05) is 18.8 Å². The van der Waals surface area contributed by atoms with Gasteiger partial charge in [0.1, 0.15) is 12.6 Å². The van der Waals surface area contributed by atoms with Crippen LogP contribution in [0.2, 0.25) is 0 Å². The summed E-state index contributed by atoms with van der Waals surface area (Å²) in [5.41, 5.74) is 2.03. The van der Waals surface area contributed by atoms with Crippen molar-refractivity contribution in [1.29, 1.82) is 0 Å². The Kier molecular flexibility index (Phi) is 2.92. The maximum absolute atomic E-state index is 12.5. The van der Waals surface area contributed by atoms with Gasteiger partial charge in [-0.3, -0.25) is 14.5 Å². The van der Waals surface area contributed by atoms with Crippen LogP contribution < -0.4 is 4.90 Å². The molecular weight excluding hydrogens is 282 g/mol. The molecular formula is C16H17N3O3. The molecule has 1 aromatic rings. The second-order valence-electron chi connectivity index (χ2n) is 5.98. The second kappa shape index (κ2) is 4.83. The van der Waals surface area contributed by atoms with Crippen LogP contribution in [0.15, 0.2) is 24.3 Å². The molecule has 2 fully saturated rings. The number of hydrogen-bond acceptors (Lipinski definition) is 3. The average molecular weight is 299 g/mol. The van der Waals surface area contributed by atoms with Gasteiger partial charge in [0.15, 0.2) is 0 Å². The van der Waals surface area contributed by atoms with Gasteiger partial charge in [-0.1, -0.05) is 18.2 Å². The largest absolute Gasteiger partial charge is 0.327 e. The van der Waals surface area contributed by atoms with Crippen LogP contribution in [0.4, 0.5) is 10.5 Å². The monoisotopic (exact) mass is 299 g/mol. The van der Waals surface area contributed by atoms with Gasteiger partial charge in [0.25, 0.3) is 5.91 Å². The molecule has 114 valence electrons. The molecule has 3 aliphatic heterocycles. The summed E-state index contributed by atoms with van der Waals surface area (Å²) < 4.78 is 0. The summed E-state index contributed by atoms with van der Waals surface area (Å²) in [5, 5.41) is 0. The van der Waals surface area contributed by atoms with E-state index in [-0.39, 0.29) is 30.4 Å². The summed E-state index contributed by atoms with van der Waals surface area (Å²) in [4.78, 5) is 41.5. The Bertz CT molecular complexity index is 650. The highest BCUT2D eigenvalue weighted by Crippen LogP contribution is 2.30. The van der Waals surface area contributed by atoms with Gasteiger partial charge in [-0.15, -0.1) is 0 Å². The number of para-hydroxylation sites is 1. The minimum atomic E-state index is -0.342. The Labute approximate surface area is 128 Å². The Hall–Kier alpha value is -2.37. The van der Waals surface area contributed by atoms with Crippen molar-refractivity contribution in [2.24, 2.45) is 0 Å². The molecule has 0 N–H and O–H groups in total. The van der Waals surface area contributed by atoms with Gasteiger partial charge < -0.3 is 9.80 Å². The Morgan fingerprint density at radius 3 is 2.82 bits per heavy atom. The van der Waals surface area contributed by atoms with Gasteiger partial charge in [0.05, 0.1) is 0 Å². The minimum Gasteiger partial charge on any atom is -0.312 e. The van der Waals surface area contributed by atoms with Crippen molar-refractivity contribution in [1.82, 2.24) is 9.80 Å². The number of benzene rings is 1. The molecule has 4 amide bonds. The fourth-order valence-electron chi connectivity index (χ4n) is 3.65. The zero-order chi connectivity index (χ0) is 15.3. The molecule has 4 rings (SSSR count). The van der Waals surface area contributed by atoms with Crippen LogP contribution >= 0.6 is 0 Å². The van der Waals surface area contributed by atoms with Crippen LogP contribution in [-0.4, -0.2) is 53.3 Å². The van der Waals surface area contributed by atoms with Crippen molar-refractivity contribution in [2.45, 2.75) is 25.3 Å². The van der Waals surface area contributed by atoms with Crippen molar-refractivity contribution in [2.75, 3.05) is 24.5 Å². The molecule has 22 heavy (non-hydrogen) atoms. The lowest BCUT2D eigenvalue weighted by Crippen LogP contribution is -2.43. The number of hydrogen-bond donors (Lipinski definition) is 0. The number of carbonyl (C=O) groups excluding carboxylic acids is 3. The highest BCUT2D eigenvalue weighted by molar-refractivity contribution is 6.08. The van der Waals surface area contributed by atoms with Gasteiger partial charge in [-0.2, -0.15) is 0 Å². The minimum absolute atomic E-state index is 0.154. The molecule has 6 heteroatoms. The predicted octanol–water partition coefficient (Wildman–Crippen LogP) is 1.00. The lowest BCUT2D eigenvalue weighted by molar-refractivity contribution is -0.131. The molecule has 2 saturated heterocycles. The molecule has 1 atom stereocenters. The van der Waals surface area contributed by atoms with Crippen LogP contribution in [0.1, 0.15) is 18.4 Å². The van der Waals surface area contributed by atoms with Crippen molar-refractivity contribution in [3.05, 3.63) is 29.8 Å². The highest BCUT2D eigenvalue weighted by Gasteiger charge is 2.48. The molecule has 0 spiro atoms. The third-order valence-corrected chi connectivity index (χ3v) is 4.76. The van der Waals surface area contributed by atoms with Crippen molar-refractivity contribution in [3.8, 4) is 0 Å². The number of rotatable bonds is 2. The zero-order valence-corrected chi connectivity index (χ0v) is 12.2. The highest BCUT2D eigenvalue weighted by atomic mass is 16.2. The number of imide groups is 1. The van der Waals surface area contributed by atoms with Crippen molar-refractivity contribution < 1.29 is 14.4 Å². The van der Waals surface area contributed by atoms with Crippen molar-refractivity contribution in [3.63, 3.8) is 0 Å². The van der Waals surface area contributed by atoms with Crippen LogP contribution in [0.25, 0.3) is 0 Å². The molecule has 0 unspecified atom stereocenters. The van der Waals surface area contributed by atoms with E-state index in [0.29, 0.717) is 19.5 Å². The van der Waals surface area contributed by atoms with Crippen LogP contribution in [0, 0.1) is 0 Å². The quantitative estimate of drug-likeness (QED) is 0.766. The number of amides is 4. The fraction of sp³-hybridized carbons (Fsp3) is 0.438. The van der Waals surface area contributed by atoms with Crippen LogP contribution in [-0.2, 0) is 16.0 Å². The first-order chi connectivity index (χ1) is 10.7. The molecule has 6 nitrogen and oxygen atoms in total. The lowest BCUT2D eigenvalue weighted by atomic mass is 10.2. The van der Waals surface area contributed by atoms with E-state index in [2.05, 4.69) is 0 Å². The number of carbonyl (C=O) groups is 3. The van der Waals surface area contributed by atoms with Gasteiger partial charge in [-0.25, -0.2) is 4.79 Å².